The van der Waals surface area contributed by atoms with E-state index in [1.807, 2.05) is 6.08 Å². The number of nitrogens with zero attached hydrogens (tertiary/aromatic N) is 1. The van der Waals surface area contributed by atoms with E-state index >= 15 is 0 Å². The molecule has 1 aliphatic rings. The zero-order chi connectivity index (χ0) is 7.40. The first-order chi connectivity index (χ1) is 4.83. The molecule has 54 valence electrons. The van der Waals surface area contributed by atoms with Gasteiger partial charge in [-0.15, -0.1) is 0 Å². The normalized spacial score (nSPS) is 26.4. The second-order valence-electron chi connectivity index (χ2n) is 2.71. The van der Waals surface area contributed by atoms with Crippen LogP contribution in [0.2, 0.25) is 0 Å². The van der Waals surface area contributed by atoms with E-state index in [0.717, 1.165) is 31.3 Å². The highest BCUT2D eigenvalue weighted by Gasteiger charge is 2.06. The topological polar surface area (TPSA) is 49.8 Å². The van der Waals surface area contributed by atoms with Gasteiger partial charge in [0.05, 0.1) is 6.07 Å². The zero-order valence-electron chi connectivity index (χ0n) is 6.01. The average molecular weight is 136 g/mol. The lowest BCUT2D eigenvalue weighted by molar-refractivity contribution is 0.656. The van der Waals surface area contributed by atoms with Crippen molar-refractivity contribution in [3.05, 3.63) is 11.6 Å². The zero-order valence-corrected chi connectivity index (χ0v) is 6.01. The second-order valence-corrected chi connectivity index (χ2v) is 2.71. The summed E-state index contributed by atoms with van der Waals surface area (Å²) in [6, 6.07) is 2.28. The standard InChI is InChI=1S/C8H12N2/c9-6-7-3-1-2-4-8(10)5-7/h5,8H,1-4,10H2. The van der Waals surface area contributed by atoms with Gasteiger partial charge in [-0.05, 0) is 19.3 Å². The van der Waals surface area contributed by atoms with Gasteiger partial charge < -0.3 is 5.73 Å². The van der Waals surface area contributed by atoms with Crippen LogP contribution in [0, 0.1) is 11.3 Å². The Bertz CT molecular complexity index is 176. The van der Waals surface area contributed by atoms with Crippen LogP contribution in [0.25, 0.3) is 0 Å². The van der Waals surface area contributed by atoms with Crippen LogP contribution in [0.5, 0.6) is 0 Å². The molecule has 0 aliphatic heterocycles. The van der Waals surface area contributed by atoms with E-state index in [9.17, 15) is 0 Å². The van der Waals surface area contributed by atoms with Crippen LogP contribution in [0.3, 0.4) is 0 Å². The number of hydrogen-bond donors (Lipinski definition) is 1. The van der Waals surface area contributed by atoms with E-state index in [0.29, 0.717) is 0 Å². The molecule has 1 aliphatic carbocycles. The molecule has 2 heteroatoms. The van der Waals surface area contributed by atoms with Crippen molar-refractivity contribution < 1.29 is 0 Å². The SMILES string of the molecule is N#CC1=CC(N)CCCC1. The molecular weight excluding hydrogens is 124 g/mol. The van der Waals surface area contributed by atoms with Gasteiger partial charge in [-0.25, -0.2) is 0 Å². The first-order valence-corrected chi connectivity index (χ1v) is 3.69. The quantitative estimate of drug-likeness (QED) is 0.546. The molecule has 0 saturated heterocycles. The molecule has 1 atom stereocenters. The molecule has 0 fully saturated rings. The lowest BCUT2D eigenvalue weighted by Crippen LogP contribution is -2.15. The van der Waals surface area contributed by atoms with Crippen molar-refractivity contribution in [3.8, 4) is 6.07 Å². The number of nitriles is 1. The molecule has 2 nitrogen and oxygen atoms in total. The van der Waals surface area contributed by atoms with Crippen molar-refractivity contribution in [3.63, 3.8) is 0 Å². The summed E-state index contributed by atoms with van der Waals surface area (Å²) in [5, 5.41) is 8.56. The first-order valence-electron chi connectivity index (χ1n) is 3.69. The van der Waals surface area contributed by atoms with Gasteiger partial charge in [0.1, 0.15) is 0 Å². The first kappa shape index (κ1) is 7.30. The Hall–Kier alpha value is -0.810. The third-order valence-corrected chi connectivity index (χ3v) is 1.79. The van der Waals surface area contributed by atoms with Crippen molar-refractivity contribution in [1.29, 1.82) is 5.26 Å². The maximum absolute atomic E-state index is 8.56. The highest BCUT2D eigenvalue weighted by Crippen LogP contribution is 2.15. The summed E-state index contributed by atoms with van der Waals surface area (Å²) in [6.45, 7) is 0. The average Bonchev–Trinajstić information content (AvgIpc) is 2.13. The number of allylic oxidation sites excluding steroid dienone is 1. The summed E-state index contributed by atoms with van der Waals surface area (Å²) >= 11 is 0. The third kappa shape index (κ3) is 1.85. The molecule has 0 bridgehead atoms. The van der Waals surface area contributed by atoms with Crippen LogP contribution in [0.15, 0.2) is 11.6 Å². The maximum Gasteiger partial charge on any atom is 0.0944 e. The largest absolute Gasteiger partial charge is 0.324 e. The lowest BCUT2D eigenvalue weighted by atomic mass is 10.1. The monoisotopic (exact) mass is 136 g/mol. The molecule has 0 heterocycles. The van der Waals surface area contributed by atoms with E-state index in [2.05, 4.69) is 6.07 Å². The maximum atomic E-state index is 8.56. The predicted octanol–water partition coefficient (Wildman–Crippen LogP) is 1.34. The molecule has 1 unspecified atom stereocenters. The van der Waals surface area contributed by atoms with Crippen LogP contribution in [0.1, 0.15) is 25.7 Å². The van der Waals surface area contributed by atoms with E-state index in [-0.39, 0.29) is 6.04 Å². The molecular formula is C8H12N2. The Balaban J connectivity index is 2.61. The van der Waals surface area contributed by atoms with Gasteiger partial charge in [0.15, 0.2) is 0 Å². The van der Waals surface area contributed by atoms with Crippen LogP contribution in [-0.4, -0.2) is 6.04 Å². The van der Waals surface area contributed by atoms with E-state index < -0.39 is 0 Å². The molecule has 0 spiro atoms. The second kappa shape index (κ2) is 3.38. The summed E-state index contributed by atoms with van der Waals surface area (Å²) in [7, 11) is 0. The molecule has 0 radical (unpaired) electrons. The number of nitrogens with two attached hydrogens (primary N) is 1. The van der Waals surface area contributed by atoms with Gasteiger partial charge >= 0.3 is 0 Å². The van der Waals surface area contributed by atoms with Gasteiger partial charge in [-0.3, -0.25) is 0 Å². The summed E-state index contributed by atoms with van der Waals surface area (Å²) < 4.78 is 0. The molecule has 0 aromatic heterocycles. The van der Waals surface area contributed by atoms with Gasteiger partial charge in [-0.2, -0.15) is 5.26 Å². The molecule has 1 rings (SSSR count). The van der Waals surface area contributed by atoms with Crippen molar-refractivity contribution >= 4 is 0 Å². The Morgan fingerprint density at radius 1 is 1.60 bits per heavy atom. The van der Waals surface area contributed by atoms with E-state index in [1.165, 1.54) is 0 Å². The highest BCUT2D eigenvalue weighted by molar-refractivity contribution is 5.23. The summed E-state index contributed by atoms with van der Waals surface area (Å²) in [4.78, 5) is 0. The minimum Gasteiger partial charge on any atom is -0.324 e. The summed E-state index contributed by atoms with van der Waals surface area (Å²) in [6.07, 6.45) is 6.12. The van der Waals surface area contributed by atoms with Gasteiger partial charge in [0.2, 0.25) is 0 Å². The van der Waals surface area contributed by atoms with Crippen molar-refractivity contribution in [2.24, 2.45) is 5.73 Å². The van der Waals surface area contributed by atoms with Crippen LogP contribution in [-0.2, 0) is 0 Å². The van der Waals surface area contributed by atoms with Crippen LogP contribution >= 0.6 is 0 Å². The Labute approximate surface area is 61.3 Å². The minimum absolute atomic E-state index is 0.122. The molecule has 0 aromatic carbocycles. The fraction of sp³-hybridized carbons (Fsp3) is 0.625. The van der Waals surface area contributed by atoms with Gasteiger partial charge in [0.25, 0.3) is 0 Å². The fourth-order valence-corrected chi connectivity index (χ4v) is 1.21. The summed E-state index contributed by atoms with van der Waals surface area (Å²) in [5.74, 6) is 0. The van der Waals surface area contributed by atoms with Crippen molar-refractivity contribution in [2.45, 2.75) is 31.7 Å². The molecule has 2 N–H and O–H groups in total. The van der Waals surface area contributed by atoms with Crippen molar-refractivity contribution in [1.82, 2.24) is 0 Å². The smallest absolute Gasteiger partial charge is 0.0944 e. The molecule has 0 aromatic rings. The van der Waals surface area contributed by atoms with Gasteiger partial charge in [0, 0.05) is 11.6 Å². The highest BCUT2D eigenvalue weighted by atomic mass is 14.6. The third-order valence-electron chi connectivity index (χ3n) is 1.79. The summed E-state index contributed by atoms with van der Waals surface area (Å²) in [5.41, 5.74) is 6.54. The lowest BCUT2D eigenvalue weighted by Gasteiger charge is -1.99. The van der Waals surface area contributed by atoms with E-state index in [1.54, 1.807) is 0 Å². The fourth-order valence-electron chi connectivity index (χ4n) is 1.21. The molecule has 10 heavy (non-hydrogen) atoms. The van der Waals surface area contributed by atoms with E-state index in [4.69, 9.17) is 11.0 Å². The van der Waals surface area contributed by atoms with Gasteiger partial charge in [-0.1, -0.05) is 12.5 Å². The predicted molar refractivity (Wildman–Crippen MR) is 40.1 cm³/mol. The Morgan fingerprint density at radius 2 is 2.40 bits per heavy atom. The number of hydrogen-bond acceptors (Lipinski definition) is 2. The Kier molecular flexibility index (Phi) is 2.47. The van der Waals surface area contributed by atoms with Crippen LogP contribution in [0.4, 0.5) is 0 Å². The molecule has 0 saturated carbocycles. The molecule has 0 amide bonds. The minimum atomic E-state index is 0.122. The van der Waals surface area contributed by atoms with Crippen LogP contribution < -0.4 is 5.73 Å². The number of rotatable bonds is 0. The Morgan fingerprint density at radius 3 is 3.10 bits per heavy atom. The van der Waals surface area contributed by atoms with Crippen molar-refractivity contribution in [2.75, 3.05) is 0 Å².